The second-order valence-corrected chi connectivity index (χ2v) is 6.07. The molecule has 0 fully saturated rings. The summed E-state index contributed by atoms with van der Waals surface area (Å²) in [5.41, 5.74) is 3.64. The highest BCUT2D eigenvalue weighted by Gasteiger charge is 2.09. The van der Waals surface area contributed by atoms with Crippen LogP contribution in [-0.2, 0) is 17.8 Å². The van der Waals surface area contributed by atoms with Crippen molar-refractivity contribution in [2.45, 2.75) is 26.3 Å². The average molecular weight is 345 g/mol. The normalized spacial score (nSPS) is 10.3. The Labute approximate surface area is 152 Å². The van der Waals surface area contributed by atoms with E-state index in [1.807, 2.05) is 37.3 Å². The Morgan fingerprint density at radius 3 is 2.81 bits per heavy atom. The van der Waals surface area contributed by atoms with Gasteiger partial charge in [0.2, 0.25) is 5.91 Å². The maximum Gasteiger partial charge on any atom is 0.220 e. The minimum Gasteiger partial charge on any atom is -0.441 e. The number of nitrogens with one attached hydrogen (secondary N) is 1. The monoisotopic (exact) mass is 345 g/mol. The molecule has 1 heterocycles. The maximum absolute atomic E-state index is 12.0. The predicted octanol–water partition coefficient (Wildman–Crippen LogP) is 3.77. The molecule has 0 spiro atoms. The summed E-state index contributed by atoms with van der Waals surface area (Å²) in [4.78, 5) is 16.3. The third-order valence-electron chi connectivity index (χ3n) is 4.00. The lowest BCUT2D eigenvalue weighted by molar-refractivity contribution is -0.121. The fourth-order valence-corrected chi connectivity index (χ4v) is 2.54. The molecule has 5 heteroatoms. The molecule has 0 radical (unpaired) electrons. The zero-order chi connectivity index (χ0) is 18.4. The van der Waals surface area contributed by atoms with Crippen LogP contribution < -0.4 is 5.32 Å². The van der Waals surface area contributed by atoms with Crippen molar-refractivity contribution in [1.29, 1.82) is 5.26 Å². The van der Waals surface area contributed by atoms with Gasteiger partial charge in [-0.25, -0.2) is 4.98 Å². The molecule has 0 unspecified atom stereocenters. The lowest BCUT2D eigenvalue weighted by atomic mass is 10.1. The molecule has 1 aromatic heterocycles. The molecule has 0 aliphatic heterocycles. The molecule has 0 bridgehead atoms. The van der Waals surface area contributed by atoms with Gasteiger partial charge in [0.25, 0.3) is 0 Å². The average Bonchev–Trinajstić information content (AvgIpc) is 3.14. The van der Waals surface area contributed by atoms with Crippen LogP contribution in [0.2, 0.25) is 0 Å². The molecule has 2 aromatic carbocycles. The van der Waals surface area contributed by atoms with Crippen LogP contribution in [-0.4, -0.2) is 10.9 Å². The molecule has 0 atom stereocenters. The fraction of sp³-hybridized carbons (Fsp3) is 0.190. The van der Waals surface area contributed by atoms with Gasteiger partial charge in [-0.05, 0) is 24.6 Å². The van der Waals surface area contributed by atoms with E-state index in [1.54, 1.807) is 24.4 Å². The number of nitriles is 1. The summed E-state index contributed by atoms with van der Waals surface area (Å²) in [5, 5.41) is 11.7. The molecule has 0 aliphatic carbocycles. The van der Waals surface area contributed by atoms with E-state index in [0.29, 0.717) is 36.6 Å². The van der Waals surface area contributed by atoms with Crippen LogP contribution in [0.1, 0.15) is 29.0 Å². The molecule has 1 N–H and O–H groups in total. The third kappa shape index (κ3) is 4.58. The Balaban J connectivity index is 1.50. The Bertz CT molecular complexity index is 936. The van der Waals surface area contributed by atoms with E-state index >= 15 is 0 Å². The molecule has 0 saturated carbocycles. The van der Waals surface area contributed by atoms with Crippen LogP contribution in [0.3, 0.4) is 0 Å². The highest BCUT2D eigenvalue weighted by molar-refractivity contribution is 5.76. The van der Waals surface area contributed by atoms with Crippen molar-refractivity contribution in [3.63, 3.8) is 0 Å². The second-order valence-electron chi connectivity index (χ2n) is 6.07. The van der Waals surface area contributed by atoms with Gasteiger partial charge < -0.3 is 9.73 Å². The molecular formula is C21H19N3O2. The zero-order valence-corrected chi connectivity index (χ0v) is 14.5. The number of aromatic nitrogens is 1. The predicted molar refractivity (Wildman–Crippen MR) is 98.0 cm³/mol. The van der Waals surface area contributed by atoms with Crippen LogP contribution in [0.5, 0.6) is 0 Å². The van der Waals surface area contributed by atoms with Gasteiger partial charge in [-0.3, -0.25) is 4.79 Å². The standard InChI is InChI=1S/C21H19N3O2/c1-15-5-7-18(8-6-15)19-14-24-21(26-19)10-9-20(25)23-13-17-4-2-3-16(11-17)12-22/h2-8,11,14H,9-10,13H2,1H3,(H,23,25). The largest absolute Gasteiger partial charge is 0.441 e. The van der Waals surface area contributed by atoms with Crippen molar-refractivity contribution in [3.8, 4) is 17.4 Å². The number of oxazole rings is 1. The van der Waals surface area contributed by atoms with Gasteiger partial charge in [-0.1, -0.05) is 42.0 Å². The first-order chi connectivity index (χ1) is 12.6. The Hall–Kier alpha value is -3.39. The van der Waals surface area contributed by atoms with E-state index < -0.39 is 0 Å². The van der Waals surface area contributed by atoms with E-state index in [9.17, 15) is 4.79 Å². The van der Waals surface area contributed by atoms with Crippen molar-refractivity contribution in [1.82, 2.24) is 10.3 Å². The molecule has 1 amide bonds. The number of nitrogens with zero attached hydrogens (tertiary/aromatic N) is 2. The van der Waals surface area contributed by atoms with Crippen molar-refractivity contribution in [2.75, 3.05) is 0 Å². The van der Waals surface area contributed by atoms with Gasteiger partial charge in [0.05, 0.1) is 17.8 Å². The number of rotatable bonds is 6. The SMILES string of the molecule is Cc1ccc(-c2cnc(CCC(=O)NCc3cccc(C#N)c3)o2)cc1. The van der Waals surface area contributed by atoms with Gasteiger partial charge in [-0.2, -0.15) is 5.26 Å². The third-order valence-corrected chi connectivity index (χ3v) is 4.00. The first-order valence-corrected chi connectivity index (χ1v) is 8.41. The van der Waals surface area contributed by atoms with E-state index in [1.165, 1.54) is 5.56 Å². The molecular weight excluding hydrogens is 326 g/mol. The van der Waals surface area contributed by atoms with Gasteiger partial charge in [-0.15, -0.1) is 0 Å². The summed E-state index contributed by atoms with van der Waals surface area (Å²) < 4.78 is 5.73. The number of hydrogen-bond donors (Lipinski definition) is 1. The highest BCUT2D eigenvalue weighted by atomic mass is 16.4. The number of carbonyl (C=O) groups excluding carboxylic acids is 1. The summed E-state index contributed by atoms with van der Waals surface area (Å²) in [6.45, 7) is 2.43. The molecule has 0 aliphatic rings. The Morgan fingerprint density at radius 1 is 1.23 bits per heavy atom. The summed E-state index contributed by atoms with van der Waals surface area (Å²) in [6, 6.07) is 17.3. The molecule has 0 saturated heterocycles. The second kappa shape index (κ2) is 8.13. The molecule has 3 aromatic rings. The van der Waals surface area contributed by atoms with Crippen molar-refractivity contribution in [2.24, 2.45) is 0 Å². The number of hydrogen-bond acceptors (Lipinski definition) is 4. The molecule has 5 nitrogen and oxygen atoms in total. The van der Waals surface area contributed by atoms with E-state index in [0.717, 1.165) is 11.1 Å². The van der Waals surface area contributed by atoms with Crippen LogP contribution in [0, 0.1) is 18.3 Å². The number of carbonyl (C=O) groups is 1. The van der Waals surface area contributed by atoms with E-state index in [-0.39, 0.29) is 5.91 Å². The van der Waals surface area contributed by atoms with Crippen LogP contribution in [0.4, 0.5) is 0 Å². The quantitative estimate of drug-likeness (QED) is 0.737. The minimum absolute atomic E-state index is 0.0811. The first kappa shape index (κ1) is 17.4. The smallest absolute Gasteiger partial charge is 0.220 e. The maximum atomic E-state index is 12.0. The van der Waals surface area contributed by atoms with E-state index in [4.69, 9.17) is 9.68 Å². The molecule has 3 rings (SSSR count). The van der Waals surface area contributed by atoms with Gasteiger partial charge >= 0.3 is 0 Å². The zero-order valence-electron chi connectivity index (χ0n) is 14.5. The molecule has 130 valence electrons. The number of aryl methyl sites for hydroxylation is 2. The van der Waals surface area contributed by atoms with Gasteiger partial charge in [0.15, 0.2) is 11.7 Å². The van der Waals surface area contributed by atoms with Crippen molar-refractivity contribution < 1.29 is 9.21 Å². The van der Waals surface area contributed by atoms with Crippen LogP contribution in [0.25, 0.3) is 11.3 Å². The Morgan fingerprint density at radius 2 is 2.04 bits per heavy atom. The lowest BCUT2D eigenvalue weighted by Gasteiger charge is -2.05. The summed E-state index contributed by atoms with van der Waals surface area (Å²) in [5.74, 6) is 1.17. The number of benzene rings is 2. The first-order valence-electron chi connectivity index (χ1n) is 8.41. The molecule has 26 heavy (non-hydrogen) atoms. The summed E-state index contributed by atoms with van der Waals surface area (Å²) >= 11 is 0. The van der Waals surface area contributed by atoms with Gasteiger partial charge in [0.1, 0.15) is 0 Å². The summed E-state index contributed by atoms with van der Waals surface area (Å²) in [7, 11) is 0. The van der Waals surface area contributed by atoms with E-state index in [2.05, 4.69) is 16.4 Å². The van der Waals surface area contributed by atoms with Crippen LogP contribution in [0.15, 0.2) is 59.1 Å². The minimum atomic E-state index is -0.0811. The topological polar surface area (TPSA) is 78.9 Å². The van der Waals surface area contributed by atoms with Crippen molar-refractivity contribution >= 4 is 5.91 Å². The Kier molecular flexibility index (Phi) is 5.45. The lowest BCUT2D eigenvalue weighted by Crippen LogP contribution is -2.23. The van der Waals surface area contributed by atoms with Gasteiger partial charge in [0, 0.05) is 24.9 Å². The van der Waals surface area contributed by atoms with Crippen LogP contribution >= 0.6 is 0 Å². The summed E-state index contributed by atoms with van der Waals surface area (Å²) in [6.07, 6.45) is 2.42. The number of amides is 1. The highest BCUT2D eigenvalue weighted by Crippen LogP contribution is 2.21. The fourth-order valence-electron chi connectivity index (χ4n) is 2.54. The van der Waals surface area contributed by atoms with Crippen molar-refractivity contribution in [3.05, 3.63) is 77.3 Å².